The van der Waals surface area contributed by atoms with Crippen molar-refractivity contribution in [2.45, 2.75) is 39.3 Å². The van der Waals surface area contributed by atoms with Crippen LogP contribution in [-0.4, -0.2) is 53.5 Å². The van der Waals surface area contributed by atoms with E-state index in [4.69, 9.17) is 4.74 Å². The lowest BCUT2D eigenvalue weighted by Crippen LogP contribution is -2.47. The van der Waals surface area contributed by atoms with Crippen molar-refractivity contribution in [1.29, 1.82) is 0 Å². The van der Waals surface area contributed by atoms with Gasteiger partial charge in [0.1, 0.15) is 6.04 Å². The Bertz CT molecular complexity index is 713. The fourth-order valence-corrected chi connectivity index (χ4v) is 4.34. The summed E-state index contributed by atoms with van der Waals surface area (Å²) in [5, 5.41) is 0. The van der Waals surface area contributed by atoms with Gasteiger partial charge in [-0.2, -0.15) is 0 Å². The lowest BCUT2D eigenvalue weighted by Gasteiger charge is -2.36. The van der Waals surface area contributed by atoms with Crippen LogP contribution in [0.25, 0.3) is 0 Å². The average molecular weight is 388 g/mol. The van der Waals surface area contributed by atoms with Crippen molar-refractivity contribution >= 4 is 17.2 Å². The number of hydrogen-bond acceptors (Lipinski definition) is 5. The largest absolute Gasteiger partial charge is 0.379 e. The Kier molecular flexibility index (Phi) is 7.38. The molecule has 0 radical (unpaired) electrons. The van der Waals surface area contributed by atoms with Gasteiger partial charge in [-0.25, -0.2) is 0 Å². The molecule has 0 spiro atoms. The van der Waals surface area contributed by atoms with Crippen LogP contribution in [0.1, 0.15) is 41.1 Å². The molecule has 1 amide bonds. The number of aromatic nitrogens is 1. The summed E-state index contributed by atoms with van der Waals surface area (Å²) in [7, 11) is 0. The van der Waals surface area contributed by atoms with Crippen LogP contribution in [0, 0.1) is 6.92 Å². The Hall–Kier alpha value is -1.76. The summed E-state index contributed by atoms with van der Waals surface area (Å²) in [6.07, 6.45) is 5.67. The van der Waals surface area contributed by atoms with Crippen LogP contribution in [0.15, 0.2) is 36.7 Å². The number of pyridine rings is 1. The van der Waals surface area contributed by atoms with Gasteiger partial charge in [-0.15, -0.1) is 11.3 Å². The van der Waals surface area contributed by atoms with Gasteiger partial charge in [-0.3, -0.25) is 14.7 Å². The molecule has 1 aliphatic rings. The van der Waals surface area contributed by atoms with E-state index in [1.807, 2.05) is 23.2 Å². The second-order valence-electron chi connectivity index (χ2n) is 6.96. The summed E-state index contributed by atoms with van der Waals surface area (Å²) in [6, 6.07) is 7.90. The molecule has 3 rings (SSSR count). The summed E-state index contributed by atoms with van der Waals surface area (Å²) in [6.45, 7) is 8.62. The number of nitrogens with zero attached hydrogens (tertiary/aromatic N) is 3. The predicted octanol–water partition coefficient (Wildman–Crippen LogP) is 3.65. The number of hydrogen-bond donors (Lipinski definition) is 0. The minimum absolute atomic E-state index is 0.171. The zero-order valence-corrected chi connectivity index (χ0v) is 17.1. The van der Waals surface area contributed by atoms with Gasteiger partial charge < -0.3 is 9.64 Å². The monoisotopic (exact) mass is 387 g/mol. The van der Waals surface area contributed by atoms with Crippen LogP contribution < -0.4 is 0 Å². The summed E-state index contributed by atoms with van der Waals surface area (Å²) in [4.78, 5) is 24.7. The number of amides is 1. The normalized spacial score (nSPS) is 16.2. The summed E-state index contributed by atoms with van der Waals surface area (Å²) in [5.41, 5.74) is 0.966. The molecule has 0 N–H and O–H groups in total. The number of thiophene rings is 1. The van der Waals surface area contributed by atoms with Crippen LogP contribution in [0.5, 0.6) is 0 Å². The predicted molar refractivity (Wildman–Crippen MR) is 109 cm³/mol. The van der Waals surface area contributed by atoms with Crippen LogP contribution >= 0.6 is 11.3 Å². The smallest absolute Gasteiger partial charge is 0.244 e. The van der Waals surface area contributed by atoms with E-state index in [1.165, 1.54) is 9.75 Å². The number of unbranched alkanes of at least 4 members (excludes halogenated alkanes) is 1. The lowest BCUT2D eigenvalue weighted by molar-refractivity contribution is -0.139. The van der Waals surface area contributed by atoms with Gasteiger partial charge >= 0.3 is 0 Å². The fourth-order valence-electron chi connectivity index (χ4n) is 3.43. The van der Waals surface area contributed by atoms with Crippen molar-refractivity contribution in [2.24, 2.45) is 0 Å². The summed E-state index contributed by atoms with van der Waals surface area (Å²) < 4.78 is 5.51. The quantitative estimate of drug-likeness (QED) is 0.694. The lowest BCUT2D eigenvalue weighted by atomic mass is 10.0. The molecule has 0 aromatic carbocycles. The molecule has 1 fully saturated rings. The first kappa shape index (κ1) is 20.0. The first-order chi connectivity index (χ1) is 13.2. The molecule has 146 valence electrons. The highest BCUT2D eigenvalue weighted by Gasteiger charge is 2.32. The molecule has 0 bridgehead atoms. The highest BCUT2D eigenvalue weighted by molar-refractivity contribution is 7.11. The fraction of sp³-hybridized carbons (Fsp3) is 0.524. The molecular formula is C21H29N3O2S. The maximum absolute atomic E-state index is 13.7. The van der Waals surface area contributed by atoms with Crippen LogP contribution in [0.4, 0.5) is 0 Å². The second-order valence-corrected chi connectivity index (χ2v) is 8.34. The van der Waals surface area contributed by atoms with Gasteiger partial charge in [0.15, 0.2) is 0 Å². The average Bonchev–Trinajstić information content (AvgIpc) is 3.11. The molecule has 1 saturated heterocycles. The molecule has 0 unspecified atom stereocenters. The molecule has 1 atom stereocenters. The van der Waals surface area contributed by atoms with E-state index in [-0.39, 0.29) is 11.9 Å². The van der Waals surface area contributed by atoms with Crippen LogP contribution in [0.2, 0.25) is 0 Å². The van der Waals surface area contributed by atoms with E-state index in [2.05, 4.69) is 35.9 Å². The Morgan fingerprint density at radius 2 is 2.15 bits per heavy atom. The van der Waals surface area contributed by atoms with Crippen molar-refractivity contribution in [1.82, 2.24) is 14.8 Å². The molecule has 0 aliphatic carbocycles. The highest BCUT2D eigenvalue weighted by Crippen LogP contribution is 2.26. The minimum Gasteiger partial charge on any atom is -0.379 e. The third-order valence-corrected chi connectivity index (χ3v) is 5.87. The van der Waals surface area contributed by atoms with E-state index < -0.39 is 0 Å². The van der Waals surface area contributed by atoms with Crippen molar-refractivity contribution in [3.8, 4) is 0 Å². The van der Waals surface area contributed by atoms with E-state index >= 15 is 0 Å². The Labute approximate surface area is 166 Å². The third-order valence-electron chi connectivity index (χ3n) is 4.88. The van der Waals surface area contributed by atoms with E-state index in [9.17, 15) is 4.79 Å². The molecule has 2 aromatic heterocycles. The first-order valence-electron chi connectivity index (χ1n) is 9.75. The maximum atomic E-state index is 13.7. The number of ether oxygens (including phenoxy) is 1. The third kappa shape index (κ3) is 5.37. The van der Waals surface area contributed by atoms with Crippen molar-refractivity contribution < 1.29 is 9.53 Å². The molecule has 0 saturated carbocycles. The summed E-state index contributed by atoms with van der Waals surface area (Å²) >= 11 is 1.77. The SMILES string of the molecule is CCCCN(Cc1ccc(C)s1)C(=O)[C@H](c1cccnc1)N1CCOCC1. The second kappa shape index (κ2) is 9.97. The van der Waals surface area contributed by atoms with Crippen molar-refractivity contribution in [3.63, 3.8) is 0 Å². The Morgan fingerprint density at radius 1 is 1.33 bits per heavy atom. The van der Waals surface area contributed by atoms with Gasteiger partial charge in [0.25, 0.3) is 0 Å². The van der Waals surface area contributed by atoms with Gasteiger partial charge in [0, 0.05) is 41.8 Å². The molecule has 6 heteroatoms. The van der Waals surface area contributed by atoms with E-state index in [0.29, 0.717) is 19.8 Å². The molecule has 2 aromatic rings. The Balaban J connectivity index is 1.85. The van der Waals surface area contributed by atoms with E-state index in [0.717, 1.165) is 38.0 Å². The number of carbonyl (C=O) groups is 1. The van der Waals surface area contributed by atoms with Gasteiger partial charge in [-0.1, -0.05) is 19.4 Å². The topological polar surface area (TPSA) is 45.7 Å². The van der Waals surface area contributed by atoms with Crippen LogP contribution in [0.3, 0.4) is 0 Å². The van der Waals surface area contributed by atoms with Gasteiger partial charge in [0.05, 0.1) is 19.8 Å². The summed E-state index contributed by atoms with van der Waals surface area (Å²) in [5.74, 6) is 0.171. The molecule has 3 heterocycles. The number of aryl methyl sites for hydroxylation is 1. The highest BCUT2D eigenvalue weighted by atomic mass is 32.1. The molecule has 27 heavy (non-hydrogen) atoms. The maximum Gasteiger partial charge on any atom is 0.244 e. The van der Waals surface area contributed by atoms with Crippen molar-refractivity contribution in [3.05, 3.63) is 52.0 Å². The van der Waals surface area contributed by atoms with Gasteiger partial charge in [-0.05, 0) is 37.1 Å². The molecule has 1 aliphatic heterocycles. The van der Waals surface area contributed by atoms with Gasteiger partial charge in [0.2, 0.25) is 5.91 Å². The number of rotatable bonds is 8. The van der Waals surface area contributed by atoms with Crippen LogP contribution in [-0.2, 0) is 16.1 Å². The standard InChI is InChI=1S/C21H29N3O2S/c1-3-4-10-24(16-19-8-7-17(2)27-19)21(25)20(18-6-5-9-22-15-18)23-11-13-26-14-12-23/h5-9,15,20H,3-4,10-14,16H2,1-2H3/t20-/m0/s1. The zero-order chi connectivity index (χ0) is 19.1. The first-order valence-corrected chi connectivity index (χ1v) is 10.6. The van der Waals surface area contributed by atoms with Crippen molar-refractivity contribution in [2.75, 3.05) is 32.8 Å². The van der Waals surface area contributed by atoms with E-state index in [1.54, 1.807) is 17.5 Å². The number of morpholine rings is 1. The molecular weight excluding hydrogens is 358 g/mol. The minimum atomic E-state index is -0.291. The number of carbonyl (C=O) groups excluding carboxylic acids is 1. The molecule has 5 nitrogen and oxygen atoms in total. The zero-order valence-electron chi connectivity index (χ0n) is 16.3. The Morgan fingerprint density at radius 3 is 2.78 bits per heavy atom.